The fourth-order valence-electron chi connectivity index (χ4n) is 1.01. The summed E-state index contributed by atoms with van der Waals surface area (Å²) in [5.74, 6) is -3.69. The Kier molecular flexibility index (Phi) is 4.17. The van der Waals surface area contributed by atoms with E-state index in [4.69, 9.17) is 5.11 Å². The Morgan fingerprint density at radius 2 is 2.00 bits per heavy atom. The predicted octanol–water partition coefficient (Wildman–Crippen LogP) is 1.09. The minimum Gasteiger partial charge on any atom is -0.480 e. The minimum atomic E-state index is -4.35. The highest BCUT2D eigenvalue weighted by molar-refractivity contribution is 9.10. The van der Waals surface area contributed by atoms with E-state index in [-0.39, 0.29) is 4.47 Å². The van der Waals surface area contributed by atoms with E-state index in [0.717, 1.165) is 6.07 Å². The molecule has 0 aliphatic rings. The topological polar surface area (TPSA) is 83.5 Å². The van der Waals surface area contributed by atoms with Crippen molar-refractivity contribution in [2.24, 2.45) is 0 Å². The number of nitrogens with one attached hydrogen (secondary N) is 1. The van der Waals surface area contributed by atoms with Gasteiger partial charge in [0.05, 0.1) is 0 Å². The van der Waals surface area contributed by atoms with Gasteiger partial charge in [-0.25, -0.2) is 17.2 Å². The summed E-state index contributed by atoms with van der Waals surface area (Å²) in [6.07, 6.45) is 0. The molecule has 0 bridgehead atoms. The van der Waals surface area contributed by atoms with Crippen molar-refractivity contribution in [1.82, 2.24) is 4.72 Å². The van der Waals surface area contributed by atoms with Gasteiger partial charge in [0.15, 0.2) is 0 Å². The Morgan fingerprint density at radius 1 is 1.41 bits per heavy atom. The lowest BCUT2D eigenvalue weighted by Crippen LogP contribution is -2.30. The summed E-state index contributed by atoms with van der Waals surface area (Å²) in [6, 6.07) is 1.15. The van der Waals surface area contributed by atoms with Gasteiger partial charge in [0.1, 0.15) is 23.1 Å². The lowest BCUT2D eigenvalue weighted by molar-refractivity contribution is -0.135. The zero-order valence-electron chi connectivity index (χ0n) is 8.08. The molecule has 0 saturated heterocycles. The number of sulfonamides is 1. The van der Waals surface area contributed by atoms with Crippen molar-refractivity contribution < 1.29 is 27.1 Å². The molecule has 0 atom stereocenters. The molecule has 0 amide bonds. The fourth-order valence-corrected chi connectivity index (χ4v) is 3.15. The Hall–Kier alpha value is -1.06. The molecule has 0 aromatic heterocycles. The van der Waals surface area contributed by atoms with Crippen molar-refractivity contribution in [3.63, 3.8) is 0 Å². The van der Waals surface area contributed by atoms with Crippen molar-refractivity contribution in [2.45, 2.75) is 4.90 Å². The molecule has 0 unspecified atom stereocenters. The summed E-state index contributed by atoms with van der Waals surface area (Å²) in [5, 5.41) is 8.31. The molecule has 0 aliphatic carbocycles. The first-order valence-corrected chi connectivity index (χ1v) is 6.37. The van der Waals surface area contributed by atoms with E-state index in [0.29, 0.717) is 6.07 Å². The van der Waals surface area contributed by atoms with E-state index in [9.17, 15) is 22.0 Å². The summed E-state index contributed by atoms with van der Waals surface area (Å²) >= 11 is 2.69. The number of carbonyl (C=O) groups is 1. The SMILES string of the molecule is O=C(O)CNS(=O)(=O)c1c(F)cc(F)cc1Br. The third-order valence-electron chi connectivity index (χ3n) is 1.65. The summed E-state index contributed by atoms with van der Waals surface area (Å²) < 4.78 is 50.4. The number of hydrogen-bond donors (Lipinski definition) is 2. The highest BCUT2D eigenvalue weighted by atomic mass is 79.9. The monoisotopic (exact) mass is 329 g/mol. The van der Waals surface area contributed by atoms with E-state index < -0.39 is 39.1 Å². The van der Waals surface area contributed by atoms with Crippen LogP contribution >= 0.6 is 15.9 Å². The zero-order valence-corrected chi connectivity index (χ0v) is 10.5. The van der Waals surface area contributed by atoms with Crippen LogP contribution in [0, 0.1) is 11.6 Å². The molecule has 0 heterocycles. The molecule has 0 spiro atoms. The summed E-state index contributed by atoms with van der Waals surface area (Å²) in [7, 11) is -4.35. The van der Waals surface area contributed by atoms with E-state index >= 15 is 0 Å². The number of carboxylic acids is 1. The normalized spacial score (nSPS) is 11.5. The number of rotatable bonds is 4. The van der Waals surface area contributed by atoms with Crippen molar-refractivity contribution in [2.75, 3.05) is 6.54 Å². The number of carboxylic acid groups (broad SMARTS) is 1. The van der Waals surface area contributed by atoms with Crippen molar-refractivity contribution >= 4 is 31.9 Å². The van der Waals surface area contributed by atoms with Gasteiger partial charge in [-0.05, 0) is 22.0 Å². The molecule has 1 aromatic carbocycles. The molecular formula is C8H6BrF2NO4S. The Bertz CT molecular complexity index is 538. The second kappa shape index (κ2) is 5.07. The average molecular weight is 330 g/mol. The third-order valence-corrected chi connectivity index (χ3v) is 4.01. The van der Waals surface area contributed by atoms with Gasteiger partial charge in [0, 0.05) is 10.5 Å². The molecular weight excluding hydrogens is 324 g/mol. The van der Waals surface area contributed by atoms with Crippen LogP contribution in [-0.2, 0) is 14.8 Å². The van der Waals surface area contributed by atoms with Crippen LogP contribution < -0.4 is 4.72 Å². The molecule has 1 rings (SSSR count). The Labute approximate surface area is 104 Å². The quantitative estimate of drug-likeness (QED) is 0.866. The van der Waals surface area contributed by atoms with Gasteiger partial charge in [0.2, 0.25) is 10.0 Å². The molecule has 0 radical (unpaired) electrons. The maximum atomic E-state index is 13.3. The summed E-state index contributed by atoms with van der Waals surface area (Å²) in [6.45, 7) is -0.897. The second-order valence-electron chi connectivity index (χ2n) is 2.92. The van der Waals surface area contributed by atoms with E-state index in [1.54, 1.807) is 4.72 Å². The van der Waals surface area contributed by atoms with Crippen LogP contribution in [0.25, 0.3) is 0 Å². The van der Waals surface area contributed by atoms with Crippen molar-refractivity contribution in [3.05, 3.63) is 28.2 Å². The minimum absolute atomic E-state index is 0.326. The Balaban J connectivity index is 3.20. The number of aliphatic carboxylic acids is 1. The number of hydrogen-bond acceptors (Lipinski definition) is 3. The van der Waals surface area contributed by atoms with E-state index in [2.05, 4.69) is 15.9 Å². The first-order valence-electron chi connectivity index (χ1n) is 4.10. The second-order valence-corrected chi connectivity index (χ2v) is 5.47. The maximum absolute atomic E-state index is 13.3. The molecule has 0 aliphatic heterocycles. The average Bonchev–Trinajstić information content (AvgIpc) is 2.12. The van der Waals surface area contributed by atoms with Crippen LogP contribution in [0.3, 0.4) is 0 Å². The fraction of sp³-hybridized carbons (Fsp3) is 0.125. The van der Waals surface area contributed by atoms with Gasteiger partial charge in [-0.3, -0.25) is 4.79 Å². The van der Waals surface area contributed by atoms with E-state index in [1.807, 2.05) is 0 Å². The number of benzene rings is 1. The van der Waals surface area contributed by atoms with Gasteiger partial charge < -0.3 is 5.11 Å². The van der Waals surface area contributed by atoms with Gasteiger partial charge in [-0.2, -0.15) is 4.72 Å². The standard InChI is InChI=1S/C8H6BrF2NO4S/c9-5-1-4(10)2-6(11)8(5)17(15,16)12-3-7(13)14/h1-2,12H,3H2,(H,13,14). The van der Waals surface area contributed by atoms with Gasteiger partial charge in [-0.15, -0.1) is 0 Å². The zero-order chi connectivity index (χ0) is 13.2. The van der Waals surface area contributed by atoms with Crippen LogP contribution in [0.1, 0.15) is 0 Å². The highest BCUT2D eigenvalue weighted by Crippen LogP contribution is 2.25. The first-order chi connectivity index (χ1) is 7.74. The largest absolute Gasteiger partial charge is 0.480 e. The van der Waals surface area contributed by atoms with Crippen LogP contribution in [0.15, 0.2) is 21.5 Å². The summed E-state index contributed by atoms with van der Waals surface area (Å²) in [4.78, 5) is 9.38. The molecule has 9 heteroatoms. The van der Waals surface area contributed by atoms with Crippen molar-refractivity contribution in [1.29, 1.82) is 0 Å². The van der Waals surface area contributed by atoms with Crippen LogP contribution in [-0.4, -0.2) is 26.0 Å². The summed E-state index contributed by atoms with van der Waals surface area (Å²) in [5.41, 5.74) is 0. The molecule has 94 valence electrons. The van der Waals surface area contributed by atoms with Gasteiger partial charge in [0.25, 0.3) is 0 Å². The van der Waals surface area contributed by atoms with Crippen LogP contribution in [0.2, 0.25) is 0 Å². The molecule has 5 nitrogen and oxygen atoms in total. The smallest absolute Gasteiger partial charge is 0.318 e. The highest BCUT2D eigenvalue weighted by Gasteiger charge is 2.24. The van der Waals surface area contributed by atoms with Crippen LogP contribution in [0.5, 0.6) is 0 Å². The number of halogens is 3. The molecule has 1 aromatic rings. The molecule has 2 N–H and O–H groups in total. The van der Waals surface area contributed by atoms with Crippen molar-refractivity contribution in [3.8, 4) is 0 Å². The lowest BCUT2D eigenvalue weighted by Gasteiger charge is -2.08. The molecule has 0 saturated carbocycles. The predicted molar refractivity (Wildman–Crippen MR) is 56.9 cm³/mol. The van der Waals surface area contributed by atoms with Crippen LogP contribution in [0.4, 0.5) is 8.78 Å². The maximum Gasteiger partial charge on any atom is 0.318 e. The molecule has 17 heavy (non-hydrogen) atoms. The molecule has 0 fully saturated rings. The van der Waals surface area contributed by atoms with E-state index in [1.165, 1.54) is 0 Å². The first kappa shape index (κ1) is 14.0. The van der Waals surface area contributed by atoms with Gasteiger partial charge >= 0.3 is 5.97 Å². The third kappa shape index (κ3) is 3.45. The lowest BCUT2D eigenvalue weighted by atomic mass is 10.3. The van der Waals surface area contributed by atoms with Gasteiger partial charge in [-0.1, -0.05) is 0 Å². The Morgan fingerprint density at radius 3 is 2.47 bits per heavy atom.